The lowest BCUT2D eigenvalue weighted by Gasteiger charge is -2.29. The van der Waals surface area contributed by atoms with E-state index in [1.54, 1.807) is 16.8 Å². The quantitative estimate of drug-likeness (QED) is 0.916. The van der Waals surface area contributed by atoms with Crippen LogP contribution in [-0.2, 0) is 0 Å². The van der Waals surface area contributed by atoms with Crippen molar-refractivity contribution in [2.24, 2.45) is 5.92 Å². The Kier molecular flexibility index (Phi) is 4.63. The van der Waals surface area contributed by atoms with E-state index in [1.807, 2.05) is 60.7 Å². The molecule has 0 heterocycles. The highest BCUT2D eigenvalue weighted by molar-refractivity contribution is 5.99. The van der Waals surface area contributed by atoms with Crippen LogP contribution >= 0.6 is 0 Å². The largest absolute Gasteiger partial charge is 0.391 e. The molecular formula is C19H22N2O2. The van der Waals surface area contributed by atoms with Gasteiger partial charge in [0, 0.05) is 13.6 Å². The molecule has 1 fully saturated rings. The van der Waals surface area contributed by atoms with Gasteiger partial charge in [-0.3, -0.25) is 4.90 Å². The SMILES string of the molecule is CN(CC(O)C1CC1)C(=O)N(c1ccccc1)c1ccccc1. The lowest BCUT2D eigenvalue weighted by atomic mass is 10.2. The Hall–Kier alpha value is -2.33. The Bertz CT molecular complexity index is 601. The molecule has 0 aliphatic heterocycles. The number of benzene rings is 2. The van der Waals surface area contributed by atoms with Gasteiger partial charge >= 0.3 is 6.03 Å². The highest BCUT2D eigenvalue weighted by Gasteiger charge is 2.32. The van der Waals surface area contributed by atoms with Crippen LogP contribution in [0, 0.1) is 5.92 Å². The van der Waals surface area contributed by atoms with Crippen molar-refractivity contribution in [3.8, 4) is 0 Å². The second-order valence-electron chi connectivity index (χ2n) is 6.07. The number of carbonyl (C=O) groups excluding carboxylic acids is 1. The number of aliphatic hydroxyl groups is 1. The van der Waals surface area contributed by atoms with Crippen LogP contribution in [0.25, 0.3) is 0 Å². The van der Waals surface area contributed by atoms with Gasteiger partial charge in [-0.15, -0.1) is 0 Å². The third-order valence-corrected chi connectivity index (χ3v) is 4.17. The summed E-state index contributed by atoms with van der Waals surface area (Å²) in [5.74, 6) is 0.354. The number of carbonyl (C=O) groups is 1. The number of urea groups is 1. The van der Waals surface area contributed by atoms with Gasteiger partial charge in [0.05, 0.1) is 17.5 Å². The Morgan fingerprint density at radius 3 is 1.96 bits per heavy atom. The van der Waals surface area contributed by atoms with Crippen molar-refractivity contribution in [2.75, 3.05) is 18.5 Å². The van der Waals surface area contributed by atoms with Crippen molar-refractivity contribution < 1.29 is 9.90 Å². The van der Waals surface area contributed by atoms with E-state index in [0.717, 1.165) is 24.2 Å². The van der Waals surface area contributed by atoms with Crippen molar-refractivity contribution in [3.05, 3.63) is 60.7 Å². The fourth-order valence-corrected chi connectivity index (χ4v) is 2.68. The summed E-state index contributed by atoms with van der Waals surface area (Å²) in [5.41, 5.74) is 1.63. The summed E-state index contributed by atoms with van der Waals surface area (Å²) in [6.45, 7) is 0.361. The first-order chi connectivity index (χ1) is 11.2. The van der Waals surface area contributed by atoms with Crippen molar-refractivity contribution in [1.82, 2.24) is 4.90 Å². The number of hydrogen-bond acceptors (Lipinski definition) is 2. The van der Waals surface area contributed by atoms with E-state index in [1.165, 1.54) is 0 Å². The number of rotatable bonds is 5. The van der Waals surface area contributed by atoms with Crippen molar-refractivity contribution >= 4 is 17.4 Å². The summed E-state index contributed by atoms with van der Waals surface area (Å²) in [6, 6.07) is 19.0. The highest BCUT2D eigenvalue weighted by atomic mass is 16.3. The molecule has 4 nitrogen and oxygen atoms in total. The van der Waals surface area contributed by atoms with Crippen LogP contribution in [0.5, 0.6) is 0 Å². The molecular weight excluding hydrogens is 288 g/mol. The lowest BCUT2D eigenvalue weighted by molar-refractivity contribution is 0.116. The van der Waals surface area contributed by atoms with E-state index in [-0.39, 0.29) is 6.03 Å². The van der Waals surface area contributed by atoms with Crippen molar-refractivity contribution in [1.29, 1.82) is 0 Å². The fourth-order valence-electron chi connectivity index (χ4n) is 2.68. The Morgan fingerprint density at radius 1 is 1.04 bits per heavy atom. The van der Waals surface area contributed by atoms with Crippen LogP contribution in [0.15, 0.2) is 60.7 Å². The molecule has 1 atom stereocenters. The topological polar surface area (TPSA) is 43.8 Å². The average molecular weight is 310 g/mol. The lowest BCUT2D eigenvalue weighted by Crippen LogP contribution is -2.42. The standard InChI is InChI=1S/C19H22N2O2/c1-20(14-18(22)15-12-13-15)19(23)21(16-8-4-2-5-9-16)17-10-6-3-7-11-17/h2-11,15,18,22H,12-14H2,1H3. The second kappa shape index (κ2) is 6.84. The van der Waals surface area contributed by atoms with Gasteiger partial charge in [0.2, 0.25) is 0 Å². The number of aliphatic hydroxyl groups excluding tert-OH is 1. The normalized spacial score (nSPS) is 15.0. The monoisotopic (exact) mass is 310 g/mol. The van der Waals surface area contributed by atoms with E-state index >= 15 is 0 Å². The third-order valence-electron chi connectivity index (χ3n) is 4.17. The van der Waals surface area contributed by atoms with E-state index in [4.69, 9.17) is 0 Å². The fraction of sp³-hybridized carbons (Fsp3) is 0.316. The minimum Gasteiger partial charge on any atom is -0.391 e. The summed E-state index contributed by atoms with van der Waals surface area (Å²) in [6.07, 6.45) is 1.69. The molecule has 1 N–H and O–H groups in total. The average Bonchev–Trinajstić information content (AvgIpc) is 3.42. The van der Waals surface area contributed by atoms with Gasteiger partial charge in [-0.1, -0.05) is 36.4 Å². The van der Waals surface area contributed by atoms with Gasteiger partial charge in [-0.05, 0) is 43.0 Å². The molecule has 1 saturated carbocycles. The van der Waals surface area contributed by atoms with Gasteiger partial charge in [0.25, 0.3) is 0 Å². The number of amides is 2. The molecule has 3 rings (SSSR count). The maximum Gasteiger partial charge on any atom is 0.328 e. The molecule has 0 aromatic heterocycles. The summed E-state index contributed by atoms with van der Waals surface area (Å²) in [5, 5.41) is 10.1. The smallest absolute Gasteiger partial charge is 0.328 e. The van der Waals surface area contributed by atoms with Gasteiger partial charge in [-0.25, -0.2) is 4.79 Å². The maximum atomic E-state index is 13.0. The minimum atomic E-state index is -0.433. The molecule has 0 spiro atoms. The van der Waals surface area contributed by atoms with E-state index in [0.29, 0.717) is 12.5 Å². The first kappa shape index (κ1) is 15.6. The second-order valence-corrected chi connectivity index (χ2v) is 6.07. The van der Waals surface area contributed by atoms with Gasteiger partial charge < -0.3 is 10.0 Å². The van der Waals surface area contributed by atoms with Crippen LogP contribution < -0.4 is 4.90 Å². The molecule has 2 amide bonds. The molecule has 1 aliphatic carbocycles. The van der Waals surface area contributed by atoms with Crippen molar-refractivity contribution in [2.45, 2.75) is 18.9 Å². The van der Waals surface area contributed by atoms with Gasteiger partial charge in [0.1, 0.15) is 0 Å². The molecule has 2 aromatic carbocycles. The number of hydrogen-bond donors (Lipinski definition) is 1. The highest BCUT2D eigenvalue weighted by Crippen LogP contribution is 2.33. The molecule has 0 bridgehead atoms. The summed E-state index contributed by atoms with van der Waals surface area (Å²) >= 11 is 0. The van der Waals surface area contributed by atoms with E-state index < -0.39 is 6.10 Å². The first-order valence-corrected chi connectivity index (χ1v) is 8.00. The Labute approximate surface area is 137 Å². The number of nitrogens with zero attached hydrogens (tertiary/aromatic N) is 2. The molecule has 0 saturated heterocycles. The predicted molar refractivity (Wildman–Crippen MR) is 91.8 cm³/mol. The number of para-hydroxylation sites is 2. The predicted octanol–water partition coefficient (Wildman–Crippen LogP) is 3.65. The van der Waals surface area contributed by atoms with Crippen LogP contribution in [0.2, 0.25) is 0 Å². The Balaban J connectivity index is 1.84. The van der Waals surface area contributed by atoms with E-state index in [2.05, 4.69) is 0 Å². The maximum absolute atomic E-state index is 13.0. The van der Waals surface area contributed by atoms with Gasteiger partial charge in [0.15, 0.2) is 0 Å². The Morgan fingerprint density at radius 2 is 1.52 bits per heavy atom. The molecule has 23 heavy (non-hydrogen) atoms. The summed E-state index contributed by atoms with van der Waals surface area (Å²) in [4.78, 5) is 16.2. The van der Waals surface area contributed by atoms with E-state index in [9.17, 15) is 9.90 Å². The zero-order chi connectivity index (χ0) is 16.2. The zero-order valence-electron chi connectivity index (χ0n) is 13.3. The zero-order valence-corrected chi connectivity index (χ0v) is 13.3. The molecule has 0 radical (unpaired) electrons. The van der Waals surface area contributed by atoms with Gasteiger partial charge in [-0.2, -0.15) is 0 Å². The van der Waals surface area contributed by atoms with Crippen LogP contribution in [0.3, 0.4) is 0 Å². The first-order valence-electron chi connectivity index (χ1n) is 8.00. The summed E-state index contributed by atoms with van der Waals surface area (Å²) in [7, 11) is 1.74. The van der Waals surface area contributed by atoms with Crippen LogP contribution in [0.4, 0.5) is 16.2 Å². The van der Waals surface area contributed by atoms with Crippen molar-refractivity contribution in [3.63, 3.8) is 0 Å². The molecule has 1 unspecified atom stereocenters. The minimum absolute atomic E-state index is 0.137. The molecule has 120 valence electrons. The molecule has 1 aliphatic rings. The molecule has 2 aromatic rings. The van der Waals surface area contributed by atoms with Crippen LogP contribution in [-0.4, -0.2) is 35.7 Å². The summed E-state index contributed by atoms with van der Waals surface area (Å²) < 4.78 is 0. The number of anilines is 2. The molecule has 4 heteroatoms. The third kappa shape index (κ3) is 3.71. The van der Waals surface area contributed by atoms with Crippen LogP contribution in [0.1, 0.15) is 12.8 Å². The number of likely N-dealkylation sites (N-methyl/N-ethyl adjacent to an activating group) is 1.